The molecular formula is C11H6Br2N2O3S. The molecule has 0 spiro atoms. The third-order valence-electron chi connectivity index (χ3n) is 2.23. The van der Waals surface area contributed by atoms with Gasteiger partial charge < -0.3 is 5.32 Å². The Morgan fingerprint density at radius 2 is 2.05 bits per heavy atom. The van der Waals surface area contributed by atoms with Gasteiger partial charge in [0.15, 0.2) is 0 Å². The van der Waals surface area contributed by atoms with Crippen LogP contribution in [0.3, 0.4) is 0 Å². The number of nitrogens with one attached hydrogen (secondary N) is 1. The first-order valence-electron chi connectivity index (χ1n) is 4.96. The van der Waals surface area contributed by atoms with E-state index in [1.807, 2.05) is 0 Å². The van der Waals surface area contributed by atoms with E-state index in [1.165, 1.54) is 29.5 Å². The van der Waals surface area contributed by atoms with Gasteiger partial charge in [0.1, 0.15) is 0 Å². The zero-order valence-electron chi connectivity index (χ0n) is 9.22. The quantitative estimate of drug-likeness (QED) is 0.606. The van der Waals surface area contributed by atoms with E-state index in [-0.39, 0.29) is 11.6 Å². The minimum atomic E-state index is -0.494. The normalized spacial score (nSPS) is 10.2. The SMILES string of the molecule is O=C(Nc1ccc([N+](=O)[O-])c(Br)c1)c1csc(Br)c1. The number of hydrogen-bond donors (Lipinski definition) is 1. The van der Waals surface area contributed by atoms with E-state index in [4.69, 9.17) is 0 Å². The Morgan fingerprint density at radius 1 is 1.32 bits per heavy atom. The van der Waals surface area contributed by atoms with Crippen LogP contribution in [0, 0.1) is 10.1 Å². The number of nitrogens with zero attached hydrogens (tertiary/aromatic N) is 1. The largest absolute Gasteiger partial charge is 0.322 e. The van der Waals surface area contributed by atoms with Crippen LogP contribution in [-0.2, 0) is 0 Å². The first-order valence-corrected chi connectivity index (χ1v) is 7.43. The molecule has 0 radical (unpaired) electrons. The highest BCUT2D eigenvalue weighted by Gasteiger charge is 2.13. The van der Waals surface area contributed by atoms with Crippen LogP contribution in [0.5, 0.6) is 0 Å². The second kappa shape index (κ2) is 5.81. The zero-order chi connectivity index (χ0) is 14.0. The second-order valence-electron chi connectivity index (χ2n) is 3.52. The van der Waals surface area contributed by atoms with Gasteiger partial charge in [0.05, 0.1) is 18.7 Å². The minimum Gasteiger partial charge on any atom is -0.322 e. The summed E-state index contributed by atoms with van der Waals surface area (Å²) < 4.78 is 1.18. The number of halogens is 2. The molecule has 0 aliphatic heterocycles. The number of nitro groups is 1. The van der Waals surface area contributed by atoms with E-state index in [2.05, 4.69) is 37.2 Å². The van der Waals surface area contributed by atoms with Crippen molar-refractivity contribution in [2.75, 3.05) is 5.32 Å². The van der Waals surface area contributed by atoms with Crippen molar-refractivity contribution in [2.24, 2.45) is 0 Å². The number of rotatable bonds is 3. The summed E-state index contributed by atoms with van der Waals surface area (Å²) in [4.78, 5) is 22.1. The van der Waals surface area contributed by atoms with Gasteiger partial charge in [-0.2, -0.15) is 0 Å². The minimum absolute atomic E-state index is 0.0451. The van der Waals surface area contributed by atoms with Crippen LogP contribution in [0.1, 0.15) is 10.4 Å². The third kappa shape index (κ3) is 3.40. The fourth-order valence-corrected chi connectivity index (χ4v) is 3.03. The van der Waals surface area contributed by atoms with Crippen molar-refractivity contribution in [3.63, 3.8) is 0 Å². The fourth-order valence-electron chi connectivity index (χ4n) is 1.37. The zero-order valence-corrected chi connectivity index (χ0v) is 13.2. The molecule has 8 heteroatoms. The maximum absolute atomic E-state index is 11.9. The fraction of sp³-hybridized carbons (Fsp3) is 0. The number of carbonyl (C=O) groups excluding carboxylic acids is 1. The molecule has 1 amide bonds. The van der Waals surface area contributed by atoms with Crippen LogP contribution in [-0.4, -0.2) is 10.8 Å². The van der Waals surface area contributed by atoms with Crippen LogP contribution in [0.15, 0.2) is 37.9 Å². The Balaban J connectivity index is 2.18. The lowest BCUT2D eigenvalue weighted by Gasteiger charge is -2.04. The summed E-state index contributed by atoms with van der Waals surface area (Å²) in [5.74, 6) is -0.261. The molecule has 1 aromatic heterocycles. The smallest absolute Gasteiger partial charge is 0.283 e. The van der Waals surface area contributed by atoms with E-state index in [0.717, 1.165) is 3.79 Å². The van der Waals surface area contributed by atoms with Crippen molar-refractivity contribution in [3.05, 3.63) is 53.6 Å². The lowest BCUT2D eigenvalue weighted by molar-refractivity contribution is -0.385. The van der Waals surface area contributed by atoms with Crippen LogP contribution < -0.4 is 5.32 Å². The summed E-state index contributed by atoms with van der Waals surface area (Å²) in [6.07, 6.45) is 0. The molecule has 0 unspecified atom stereocenters. The van der Waals surface area contributed by atoms with Crippen molar-refractivity contribution in [3.8, 4) is 0 Å². The number of benzene rings is 1. The topological polar surface area (TPSA) is 72.2 Å². The lowest BCUT2D eigenvalue weighted by Crippen LogP contribution is -2.10. The summed E-state index contributed by atoms with van der Waals surface area (Å²) in [5, 5.41) is 15.1. The molecule has 0 aliphatic carbocycles. The Bertz CT molecular complexity index is 657. The first-order chi connectivity index (χ1) is 8.97. The second-order valence-corrected chi connectivity index (χ2v) is 6.66. The van der Waals surface area contributed by atoms with Crippen LogP contribution in [0.25, 0.3) is 0 Å². The molecule has 0 atom stereocenters. The number of hydrogen-bond acceptors (Lipinski definition) is 4. The van der Waals surface area contributed by atoms with Crippen molar-refractivity contribution in [1.29, 1.82) is 0 Å². The van der Waals surface area contributed by atoms with Gasteiger partial charge in [-0.25, -0.2) is 0 Å². The van der Waals surface area contributed by atoms with Gasteiger partial charge in [0.2, 0.25) is 0 Å². The number of anilines is 1. The summed E-state index contributed by atoms with van der Waals surface area (Å²) in [5.41, 5.74) is 0.979. The average Bonchev–Trinajstić information content (AvgIpc) is 2.75. The molecule has 0 saturated heterocycles. The standard InChI is InChI=1S/C11H6Br2N2O3S/c12-8-4-7(1-2-9(8)15(17)18)14-11(16)6-3-10(13)19-5-6/h1-5H,(H,14,16). The Hall–Kier alpha value is -1.25. The maximum atomic E-state index is 11.9. The van der Waals surface area contributed by atoms with Gasteiger partial charge >= 0.3 is 0 Å². The van der Waals surface area contributed by atoms with Crippen molar-refractivity contribution in [1.82, 2.24) is 0 Å². The first kappa shape index (κ1) is 14.2. The van der Waals surface area contributed by atoms with Crippen molar-refractivity contribution >= 4 is 60.5 Å². The molecule has 0 saturated carbocycles. The summed E-state index contributed by atoms with van der Waals surface area (Å²) in [6.45, 7) is 0. The molecule has 2 rings (SSSR count). The number of amides is 1. The molecule has 1 heterocycles. The highest BCUT2D eigenvalue weighted by Crippen LogP contribution is 2.28. The summed E-state index contributed by atoms with van der Waals surface area (Å²) in [6, 6.07) is 6.03. The van der Waals surface area contributed by atoms with Crippen LogP contribution in [0.2, 0.25) is 0 Å². The monoisotopic (exact) mass is 404 g/mol. The Kier molecular flexibility index (Phi) is 4.33. The van der Waals surface area contributed by atoms with Gasteiger partial charge in [0.25, 0.3) is 11.6 Å². The molecule has 19 heavy (non-hydrogen) atoms. The Labute approximate surface area is 129 Å². The number of thiophene rings is 1. The predicted molar refractivity (Wildman–Crippen MR) is 80.8 cm³/mol. The third-order valence-corrected chi connectivity index (χ3v) is 4.37. The molecule has 0 aliphatic rings. The van der Waals surface area contributed by atoms with E-state index in [9.17, 15) is 14.9 Å². The Morgan fingerprint density at radius 3 is 2.58 bits per heavy atom. The summed E-state index contributed by atoms with van der Waals surface area (Å²) >= 11 is 7.79. The maximum Gasteiger partial charge on any atom is 0.283 e. The van der Waals surface area contributed by atoms with Crippen molar-refractivity contribution < 1.29 is 9.72 Å². The van der Waals surface area contributed by atoms with E-state index < -0.39 is 4.92 Å². The highest BCUT2D eigenvalue weighted by atomic mass is 79.9. The molecule has 1 N–H and O–H groups in total. The highest BCUT2D eigenvalue weighted by molar-refractivity contribution is 9.11. The van der Waals surface area contributed by atoms with Crippen LogP contribution in [0.4, 0.5) is 11.4 Å². The molecule has 98 valence electrons. The van der Waals surface area contributed by atoms with E-state index >= 15 is 0 Å². The van der Waals surface area contributed by atoms with Crippen LogP contribution >= 0.6 is 43.2 Å². The summed E-state index contributed by atoms with van der Waals surface area (Å²) in [7, 11) is 0. The average molecular weight is 406 g/mol. The molecular weight excluding hydrogens is 400 g/mol. The van der Waals surface area contributed by atoms with E-state index in [0.29, 0.717) is 15.7 Å². The molecule has 5 nitrogen and oxygen atoms in total. The molecule has 2 aromatic rings. The van der Waals surface area contributed by atoms with Gasteiger partial charge in [0, 0.05) is 17.1 Å². The molecule has 0 bridgehead atoms. The van der Waals surface area contributed by atoms with Gasteiger partial charge in [-0.15, -0.1) is 11.3 Å². The molecule has 1 aromatic carbocycles. The van der Waals surface area contributed by atoms with Gasteiger partial charge in [-0.1, -0.05) is 0 Å². The van der Waals surface area contributed by atoms with Gasteiger partial charge in [-0.3, -0.25) is 14.9 Å². The van der Waals surface area contributed by atoms with Gasteiger partial charge in [-0.05, 0) is 50.1 Å². The molecule has 0 fully saturated rings. The number of carbonyl (C=O) groups is 1. The van der Waals surface area contributed by atoms with E-state index in [1.54, 1.807) is 11.4 Å². The lowest BCUT2D eigenvalue weighted by atomic mass is 10.2. The predicted octanol–water partition coefficient (Wildman–Crippen LogP) is 4.43. The van der Waals surface area contributed by atoms with Crippen molar-refractivity contribution in [2.45, 2.75) is 0 Å². The number of nitro benzene ring substituents is 1.